The van der Waals surface area contributed by atoms with Crippen LogP contribution in [-0.2, 0) is 14.3 Å². The largest absolute Gasteiger partial charge is 0.393 e. The van der Waals surface area contributed by atoms with Crippen molar-refractivity contribution in [2.24, 2.45) is 5.73 Å². The molecule has 0 spiro atoms. The van der Waals surface area contributed by atoms with Crippen molar-refractivity contribution in [1.29, 1.82) is 0 Å². The lowest BCUT2D eigenvalue weighted by atomic mass is 10.1. The minimum absolute atomic E-state index is 0.129. The lowest BCUT2D eigenvalue weighted by molar-refractivity contribution is -0.132. The molecule has 19 heavy (non-hydrogen) atoms. The van der Waals surface area contributed by atoms with E-state index in [1.54, 1.807) is 12.0 Å². The van der Waals surface area contributed by atoms with Crippen LogP contribution >= 0.6 is 12.2 Å². The number of carbonyl (C=O) groups excluding carboxylic acids is 1. The normalized spacial score (nSPS) is 18.5. The average Bonchev–Trinajstić information content (AvgIpc) is 2.89. The van der Waals surface area contributed by atoms with Gasteiger partial charge in [-0.25, -0.2) is 0 Å². The first kappa shape index (κ1) is 16.3. The maximum absolute atomic E-state index is 12.1. The van der Waals surface area contributed by atoms with Crippen molar-refractivity contribution in [1.82, 2.24) is 4.90 Å². The second kappa shape index (κ2) is 9.23. The zero-order valence-electron chi connectivity index (χ0n) is 11.6. The monoisotopic (exact) mass is 288 g/mol. The molecule has 0 aromatic carbocycles. The van der Waals surface area contributed by atoms with E-state index < -0.39 is 0 Å². The van der Waals surface area contributed by atoms with E-state index in [1.165, 1.54) is 0 Å². The van der Waals surface area contributed by atoms with Crippen molar-refractivity contribution in [3.63, 3.8) is 0 Å². The summed E-state index contributed by atoms with van der Waals surface area (Å²) < 4.78 is 10.6. The fraction of sp³-hybridized carbons (Fsp3) is 0.846. The highest BCUT2D eigenvalue weighted by Crippen LogP contribution is 2.17. The molecular formula is C13H24N2O3S. The number of nitrogens with two attached hydrogens (primary N) is 1. The van der Waals surface area contributed by atoms with Crippen LogP contribution in [0.5, 0.6) is 0 Å². The second-order valence-corrected chi connectivity index (χ2v) is 5.29. The van der Waals surface area contributed by atoms with Crippen molar-refractivity contribution < 1.29 is 14.3 Å². The Balaban J connectivity index is 2.33. The number of hydrogen-bond acceptors (Lipinski definition) is 4. The van der Waals surface area contributed by atoms with Gasteiger partial charge in [0.15, 0.2) is 0 Å². The maximum atomic E-state index is 12.1. The summed E-state index contributed by atoms with van der Waals surface area (Å²) in [6.07, 6.45) is 4.31. The molecular weight excluding hydrogens is 264 g/mol. The summed E-state index contributed by atoms with van der Waals surface area (Å²) in [7, 11) is 1.63. The number of rotatable bonds is 9. The number of carbonyl (C=O) groups is 1. The van der Waals surface area contributed by atoms with Crippen LogP contribution in [0, 0.1) is 0 Å². The Bertz CT molecular complexity index is 294. The molecule has 0 aromatic rings. The number of ether oxygens (including phenoxy) is 2. The molecule has 1 aliphatic rings. The van der Waals surface area contributed by atoms with E-state index in [4.69, 9.17) is 27.4 Å². The SMILES string of the molecule is COCCN(CCC(N)=S)C(=O)CCC1CCCO1. The van der Waals surface area contributed by atoms with E-state index in [-0.39, 0.29) is 12.0 Å². The number of amides is 1. The van der Waals surface area contributed by atoms with Crippen molar-refractivity contribution in [2.75, 3.05) is 33.4 Å². The Hall–Kier alpha value is -0.720. The minimum Gasteiger partial charge on any atom is -0.393 e. The highest BCUT2D eigenvalue weighted by Gasteiger charge is 2.19. The molecule has 2 N–H and O–H groups in total. The topological polar surface area (TPSA) is 64.8 Å². The molecule has 1 atom stereocenters. The van der Waals surface area contributed by atoms with Crippen molar-refractivity contribution in [3.05, 3.63) is 0 Å². The number of thiocarbonyl (C=S) groups is 1. The van der Waals surface area contributed by atoms with Gasteiger partial charge in [0.05, 0.1) is 17.7 Å². The van der Waals surface area contributed by atoms with E-state index in [0.29, 0.717) is 37.5 Å². The van der Waals surface area contributed by atoms with Crippen LogP contribution in [0.2, 0.25) is 0 Å². The summed E-state index contributed by atoms with van der Waals surface area (Å²) in [5, 5.41) is 0. The quantitative estimate of drug-likeness (QED) is 0.644. The number of nitrogens with zero attached hydrogens (tertiary/aromatic N) is 1. The summed E-state index contributed by atoms with van der Waals surface area (Å²) in [6, 6.07) is 0. The van der Waals surface area contributed by atoms with Crippen molar-refractivity contribution in [3.8, 4) is 0 Å². The summed E-state index contributed by atoms with van der Waals surface area (Å²) in [4.78, 5) is 14.4. The standard InChI is InChI=1S/C13H24N2O3S/c1-17-10-8-15(7-6-12(14)19)13(16)5-4-11-3-2-9-18-11/h11H,2-10H2,1H3,(H2,14,19). The molecule has 5 nitrogen and oxygen atoms in total. The van der Waals surface area contributed by atoms with Crippen LogP contribution in [0.1, 0.15) is 32.1 Å². The number of methoxy groups -OCH3 is 1. The zero-order valence-corrected chi connectivity index (χ0v) is 12.4. The smallest absolute Gasteiger partial charge is 0.222 e. The summed E-state index contributed by atoms with van der Waals surface area (Å²) in [5.41, 5.74) is 5.49. The molecule has 0 bridgehead atoms. The van der Waals surface area contributed by atoms with Crippen LogP contribution < -0.4 is 5.73 Å². The summed E-state index contributed by atoms with van der Waals surface area (Å²) in [6.45, 7) is 2.52. The highest BCUT2D eigenvalue weighted by atomic mass is 32.1. The molecule has 0 saturated carbocycles. The van der Waals surface area contributed by atoms with Gasteiger partial charge in [-0.15, -0.1) is 0 Å². The van der Waals surface area contributed by atoms with Crippen molar-refractivity contribution in [2.45, 2.75) is 38.2 Å². The Morgan fingerprint density at radius 3 is 2.84 bits per heavy atom. The average molecular weight is 288 g/mol. The predicted octanol–water partition coefficient (Wildman–Crippen LogP) is 1.10. The maximum Gasteiger partial charge on any atom is 0.222 e. The molecule has 1 rings (SSSR count). The molecule has 1 fully saturated rings. The van der Waals surface area contributed by atoms with E-state index >= 15 is 0 Å². The molecule has 1 amide bonds. The van der Waals surface area contributed by atoms with Gasteiger partial charge < -0.3 is 20.1 Å². The summed E-state index contributed by atoms with van der Waals surface area (Å²) >= 11 is 4.85. The van der Waals surface area contributed by atoms with Gasteiger partial charge in [-0.05, 0) is 19.3 Å². The molecule has 0 radical (unpaired) electrons. The third kappa shape index (κ3) is 6.84. The Kier molecular flexibility index (Phi) is 7.93. The predicted molar refractivity (Wildman–Crippen MR) is 78.1 cm³/mol. The molecule has 1 saturated heterocycles. The van der Waals surface area contributed by atoms with Gasteiger partial charge in [-0.3, -0.25) is 4.79 Å². The molecule has 0 aliphatic carbocycles. The Labute approximate surface area is 120 Å². The van der Waals surface area contributed by atoms with Gasteiger partial charge in [-0.1, -0.05) is 12.2 Å². The van der Waals surface area contributed by atoms with Crippen LogP contribution in [0.4, 0.5) is 0 Å². The molecule has 1 unspecified atom stereocenters. The van der Waals surface area contributed by atoms with Gasteiger partial charge in [0.25, 0.3) is 0 Å². The Morgan fingerprint density at radius 1 is 1.47 bits per heavy atom. The molecule has 6 heteroatoms. The third-order valence-corrected chi connectivity index (χ3v) is 3.45. The molecule has 110 valence electrons. The number of hydrogen-bond donors (Lipinski definition) is 1. The van der Waals surface area contributed by atoms with Gasteiger partial charge in [0, 0.05) is 39.6 Å². The minimum atomic E-state index is 0.129. The fourth-order valence-corrected chi connectivity index (χ4v) is 2.21. The molecule has 1 heterocycles. The van der Waals surface area contributed by atoms with Crippen molar-refractivity contribution >= 4 is 23.1 Å². The second-order valence-electron chi connectivity index (χ2n) is 4.76. The lowest BCUT2D eigenvalue weighted by Crippen LogP contribution is -2.36. The fourth-order valence-electron chi connectivity index (χ4n) is 2.12. The van der Waals surface area contributed by atoms with Gasteiger partial charge in [0.1, 0.15) is 0 Å². The van der Waals surface area contributed by atoms with Crippen LogP contribution in [0.25, 0.3) is 0 Å². The zero-order chi connectivity index (χ0) is 14.1. The summed E-state index contributed by atoms with van der Waals surface area (Å²) in [5.74, 6) is 0.129. The van der Waals surface area contributed by atoms with Gasteiger partial charge >= 0.3 is 0 Å². The first-order valence-corrected chi connectivity index (χ1v) is 7.21. The van der Waals surface area contributed by atoms with Crippen LogP contribution in [0.3, 0.4) is 0 Å². The van der Waals surface area contributed by atoms with E-state index in [9.17, 15) is 4.79 Å². The first-order chi connectivity index (χ1) is 9.13. The van der Waals surface area contributed by atoms with E-state index in [0.717, 1.165) is 25.9 Å². The van der Waals surface area contributed by atoms with Gasteiger partial charge in [0.2, 0.25) is 5.91 Å². The lowest BCUT2D eigenvalue weighted by Gasteiger charge is -2.22. The van der Waals surface area contributed by atoms with E-state index in [2.05, 4.69) is 0 Å². The molecule has 1 aliphatic heterocycles. The van der Waals surface area contributed by atoms with E-state index in [1.807, 2.05) is 0 Å². The first-order valence-electron chi connectivity index (χ1n) is 6.80. The van der Waals surface area contributed by atoms with Crippen LogP contribution in [-0.4, -0.2) is 55.3 Å². The van der Waals surface area contributed by atoms with Crippen LogP contribution in [0.15, 0.2) is 0 Å². The third-order valence-electron chi connectivity index (χ3n) is 3.25. The highest BCUT2D eigenvalue weighted by molar-refractivity contribution is 7.80. The van der Waals surface area contributed by atoms with Gasteiger partial charge in [-0.2, -0.15) is 0 Å². The molecule has 0 aromatic heterocycles. The Morgan fingerprint density at radius 2 is 2.26 bits per heavy atom.